The zero-order chi connectivity index (χ0) is 14.0. The molecule has 1 aliphatic rings. The number of rotatable bonds is 2. The highest BCUT2D eigenvalue weighted by Gasteiger charge is 2.26. The number of benzene rings is 1. The van der Waals surface area contributed by atoms with Gasteiger partial charge in [0.05, 0.1) is 11.3 Å². The lowest BCUT2D eigenvalue weighted by Crippen LogP contribution is -2.28. The Balaban J connectivity index is 2.18. The Morgan fingerprint density at radius 2 is 2.11 bits per heavy atom. The molecule has 1 saturated heterocycles. The number of hydrogen-bond acceptors (Lipinski definition) is 3. The second-order valence-electron chi connectivity index (χ2n) is 5.84. The summed E-state index contributed by atoms with van der Waals surface area (Å²) in [5, 5.41) is 10.1. The molecule has 4 heteroatoms. The minimum atomic E-state index is -0.628. The van der Waals surface area contributed by atoms with E-state index in [1.165, 1.54) is 6.07 Å². The van der Waals surface area contributed by atoms with E-state index in [0.29, 0.717) is 18.7 Å². The van der Waals surface area contributed by atoms with Crippen LogP contribution >= 0.6 is 0 Å². The molecule has 1 aliphatic heterocycles. The molecule has 2 unspecified atom stereocenters. The molecule has 2 rings (SSSR count). The molecule has 0 amide bonds. The number of nitrogens with zero attached hydrogens (tertiary/aromatic N) is 1. The lowest BCUT2D eigenvalue weighted by atomic mass is 9.98. The molecule has 2 atom stereocenters. The van der Waals surface area contributed by atoms with Gasteiger partial charge >= 0.3 is 0 Å². The number of hydrogen-bond donors (Lipinski definition) is 2. The molecular weight excluding hydrogens is 243 g/mol. The van der Waals surface area contributed by atoms with Gasteiger partial charge in [0.2, 0.25) is 0 Å². The molecule has 1 aromatic rings. The third-order valence-corrected chi connectivity index (χ3v) is 3.90. The Kier molecular flexibility index (Phi) is 4.11. The highest BCUT2D eigenvalue weighted by Crippen LogP contribution is 2.28. The molecule has 19 heavy (non-hydrogen) atoms. The van der Waals surface area contributed by atoms with Gasteiger partial charge in [0.15, 0.2) is 0 Å². The fourth-order valence-electron chi connectivity index (χ4n) is 2.57. The van der Waals surface area contributed by atoms with Gasteiger partial charge in [-0.3, -0.25) is 0 Å². The second-order valence-corrected chi connectivity index (χ2v) is 5.84. The van der Waals surface area contributed by atoms with Gasteiger partial charge < -0.3 is 15.7 Å². The van der Waals surface area contributed by atoms with Crippen LogP contribution in [0.2, 0.25) is 0 Å². The molecule has 0 bridgehead atoms. The van der Waals surface area contributed by atoms with Crippen LogP contribution in [0.3, 0.4) is 0 Å². The van der Waals surface area contributed by atoms with Gasteiger partial charge in [-0.1, -0.05) is 6.07 Å². The van der Waals surface area contributed by atoms with Crippen molar-refractivity contribution < 1.29 is 9.50 Å². The molecule has 0 radical (unpaired) electrons. The van der Waals surface area contributed by atoms with E-state index in [4.69, 9.17) is 5.73 Å². The van der Waals surface area contributed by atoms with E-state index in [1.54, 1.807) is 6.07 Å². The Labute approximate surface area is 114 Å². The first-order valence-electron chi connectivity index (χ1n) is 6.91. The Bertz CT molecular complexity index is 446. The molecule has 3 nitrogen and oxygen atoms in total. The molecule has 3 N–H and O–H groups in total. The summed E-state index contributed by atoms with van der Waals surface area (Å²) in [6.07, 6.45) is 2.31. The average molecular weight is 266 g/mol. The van der Waals surface area contributed by atoms with Gasteiger partial charge in [-0.2, -0.15) is 0 Å². The summed E-state index contributed by atoms with van der Waals surface area (Å²) in [6, 6.07) is 5.04. The predicted molar refractivity (Wildman–Crippen MR) is 75.7 cm³/mol. The normalized spacial score (nSPS) is 26.1. The fourth-order valence-corrected chi connectivity index (χ4v) is 2.57. The molecule has 0 spiro atoms. The Morgan fingerprint density at radius 3 is 2.74 bits per heavy atom. The third kappa shape index (κ3) is 3.45. The first kappa shape index (κ1) is 14.3. The SMILES string of the molecule is CC(N)c1ccc(N2CCCC(C)(O)CC2)c(F)c1. The molecule has 106 valence electrons. The van der Waals surface area contributed by atoms with Crippen LogP contribution in [0.15, 0.2) is 18.2 Å². The number of halogens is 1. The maximum absolute atomic E-state index is 14.2. The van der Waals surface area contributed by atoms with Crippen molar-refractivity contribution in [1.29, 1.82) is 0 Å². The largest absolute Gasteiger partial charge is 0.390 e. The molecule has 1 fully saturated rings. The van der Waals surface area contributed by atoms with Gasteiger partial charge in [-0.15, -0.1) is 0 Å². The summed E-state index contributed by atoms with van der Waals surface area (Å²) >= 11 is 0. The first-order valence-corrected chi connectivity index (χ1v) is 6.91. The topological polar surface area (TPSA) is 49.5 Å². The molecular formula is C15H23FN2O. The minimum Gasteiger partial charge on any atom is -0.390 e. The van der Waals surface area contributed by atoms with E-state index in [9.17, 15) is 9.50 Å². The zero-order valence-electron chi connectivity index (χ0n) is 11.7. The average Bonchev–Trinajstić information content (AvgIpc) is 2.50. The van der Waals surface area contributed by atoms with Crippen LogP contribution in [0.5, 0.6) is 0 Å². The van der Waals surface area contributed by atoms with Crippen LogP contribution in [0.25, 0.3) is 0 Å². The second kappa shape index (κ2) is 5.47. The highest BCUT2D eigenvalue weighted by atomic mass is 19.1. The van der Waals surface area contributed by atoms with Crippen LogP contribution in [-0.2, 0) is 0 Å². The Hall–Kier alpha value is -1.13. The zero-order valence-corrected chi connectivity index (χ0v) is 11.7. The van der Waals surface area contributed by atoms with Crippen LogP contribution in [0.1, 0.15) is 44.7 Å². The van der Waals surface area contributed by atoms with Crippen molar-refractivity contribution in [3.05, 3.63) is 29.6 Å². The third-order valence-electron chi connectivity index (χ3n) is 3.90. The van der Waals surface area contributed by atoms with Crippen LogP contribution < -0.4 is 10.6 Å². The van der Waals surface area contributed by atoms with E-state index in [0.717, 1.165) is 24.9 Å². The van der Waals surface area contributed by atoms with Crippen LogP contribution in [0, 0.1) is 5.82 Å². The number of aliphatic hydroxyl groups is 1. The maximum atomic E-state index is 14.2. The van der Waals surface area contributed by atoms with Crippen molar-refractivity contribution in [2.75, 3.05) is 18.0 Å². The summed E-state index contributed by atoms with van der Waals surface area (Å²) in [6.45, 7) is 5.16. The van der Waals surface area contributed by atoms with Gasteiger partial charge in [0.25, 0.3) is 0 Å². The highest BCUT2D eigenvalue weighted by molar-refractivity contribution is 5.49. The quantitative estimate of drug-likeness (QED) is 0.865. The van der Waals surface area contributed by atoms with Crippen molar-refractivity contribution in [2.45, 2.75) is 44.8 Å². The first-order chi connectivity index (χ1) is 8.89. The van der Waals surface area contributed by atoms with Crippen molar-refractivity contribution in [2.24, 2.45) is 5.73 Å². The summed E-state index contributed by atoms with van der Waals surface area (Å²) in [5.41, 5.74) is 6.55. The monoisotopic (exact) mass is 266 g/mol. The molecule has 0 aromatic heterocycles. The lowest BCUT2D eigenvalue weighted by molar-refractivity contribution is 0.0481. The molecule has 0 aliphatic carbocycles. The Morgan fingerprint density at radius 1 is 1.37 bits per heavy atom. The van der Waals surface area contributed by atoms with Gasteiger partial charge in [0, 0.05) is 19.1 Å². The number of anilines is 1. The minimum absolute atomic E-state index is 0.159. The predicted octanol–water partition coefficient (Wildman–Crippen LogP) is 2.59. The summed E-state index contributed by atoms with van der Waals surface area (Å²) in [5.74, 6) is -0.226. The maximum Gasteiger partial charge on any atom is 0.146 e. The van der Waals surface area contributed by atoms with Crippen molar-refractivity contribution in [1.82, 2.24) is 0 Å². The fraction of sp³-hybridized carbons (Fsp3) is 0.600. The standard InChI is InChI=1S/C15H23FN2O/c1-11(17)12-4-5-14(13(16)10-12)18-8-3-6-15(2,19)7-9-18/h4-5,10-11,19H,3,6-9,17H2,1-2H3. The van der Waals surface area contributed by atoms with E-state index in [-0.39, 0.29) is 11.9 Å². The van der Waals surface area contributed by atoms with Crippen LogP contribution in [-0.4, -0.2) is 23.8 Å². The molecule has 1 heterocycles. The van der Waals surface area contributed by atoms with Crippen molar-refractivity contribution in [3.8, 4) is 0 Å². The van der Waals surface area contributed by atoms with E-state index in [2.05, 4.69) is 0 Å². The van der Waals surface area contributed by atoms with Crippen molar-refractivity contribution in [3.63, 3.8) is 0 Å². The summed E-state index contributed by atoms with van der Waals surface area (Å²) < 4.78 is 14.2. The molecule has 0 saturated carbocycles. The van der Waals surface area contributed by atoms with E-state index >= 15 is 0 Å². The van der Waals surface area contributed by atoms with E-state index in [1.807, 2.05) is 24.8 Å². The molecule has 1 aromatic carbocycles. The number of nitrogens with two attached hydrogens (primary N) is 1. The lowest BCUT2D eigenvalue weighted by Gasteiger charge is -2.25. The summed E-state index contributed by atoms with van der Waals surface area (Å²) in [7, 11) is 0. The van der Waals surface area contributed by atoms with Crippen molar-refractivity contribution >= 4 is 5.69 Å². The van der Waals surface area contributed by atoms with Gasteiger partial charge in [0.1, 0.15) is 5.82 Å². The van der Waals surface area contributed by atoms with Gasteiger partial charge in [-0.25, -0.2) is 4.39 Å². The van der Waals surface area contributed by atoms with Gasteiger partial charge in [-0.05, 0) is 50.8 Å². The smallest absolute Gasteiger partial charge is 0.146 e. The van der Waals surface area contributed by atoms with Crippen LogP contribution in [0.4, 0.5) is 10.1 Å². The van der Waals surface area contributed by atoms with E-state index < -0.39 is 5.60 Å². The summed E-state index contributed by atoms with van der Waals surface area (Å²) in [4.78, 5) is 2.02.